The lowest BCUT2D eigenvalue weighted by atomic mass is 10.1. The molecule has 0 amide bonds. The quantitative estimate of drug-likeness (QED) is 0.278. The van der Waals surface area contributed by atoms with E-state index in [-0.39, 0.29) is 11.3 Å². The summed E-state index contributed by atoms with van der Waals surface area (Å²) in [5.41, 5.74) is 3.87. The Morgan fingerprint density at radius 2 is 2.05 bits per heavy atom. The minimum atomic E-state index is -4.62. The standard InChI is InChI=1S/C13H18F3N3O2/c1-19(2)6-3-7-21-9-4-5-10(12(17)18-20)11(8-9)13(14,15)16/h4-5,8,20H,3,6-7H2,1-2H3,(H2,17,18). The van der Waals surface area contributed by atoms with Crippen LogP contribution in [0, 0.1) is 0 Å². The number of rotatable bonds is 6. The second kappa shape index (κ2) is 7.16. The van der Waals surface area contributed by atoms with Crippen molar-refractivity contribution < 1.29 is 23.1 Å². The van der Waals surface area contributed by atoms with Crippen LogP contribution in [0.15, 0.2) is 23.4 Å². The van der Waals surface area contributed by atoms with Crippen molar-refractivity contribution in [2.75, 3.05) is 27.2 Å². The van der Waals surface area contributed by atoms with Crippen molar-refractivity contribution in [2.45, 2.75) is 12.6 Å². The number of alkyl halides is 3. The number of ether oxygens (including phenoxy) is 1. The number of nitrogens with zero attached hydrogens (tertiary/aromatic N) is 2. The average molecular weight is 305 g/mol. The summed E-state index contributed by atoms with van der Waals surface area (Å²) in [6.45, 7) is 1.08. The Hall–Kier alpha value is -1.96. The lowest BCUT2D eigenvalue weighted by Crippen LogP contribution is -2.20. The van der Waals surface area contributed by atoms with Crippen LogP contribution < -0.4 is 10.5 Å². The zero-order chi connectivity index (χ0) is 16.0. The maximum Gasteiger partial charge on any atom is 0.417 e. The van der Waals surface area contributed by atoms with Gasteiger partial charge in [0, 0.05) is 12.1 Å². The van der Waals surface area contributed by atoms with Crippen molar-refractivity contribution >= 4 is 5.84 Å². The number of hydrogen-bond donors (Lipinski definition) is 2. The Morgan fingerprint density at radius 3 is 2.57 bits per heavy atom. The first-order valence-corrected chi connectivity index (χ1v) is 6.22. The third-order valence-corrected chi connectivity index (χ3v) is 2.70. The van der Waals surface area contributed by atoms with Crippen LogP contribution in [-0.2, 0) is 6.18 Å². The molecule has 0 unspecified atom stereocenters. The van der Waals surface area contributed by atoms with Crippen LogP contribution in [0.3, 0.4) is 0 Å². The van der Waals surface area contributed by atoms with Gasteiger partial charge in [-0.2, -0.15) is 13.2 Å². The maximum absolute atomic E-state index is 13.0. The molecule has 0 bridgehead atoms. The number of benzene rings is 1. The molecule has 0 saturated heterocycles. The van der Waals surface area contributed by atoms with E-state index < -0.39 is 17.6 Å². The van der Waals surface area contributed by atoms with Gasteiger partial charge >= 0.3 is 6.18 Å². The molecule has 8 heteroatoms. The van der Waals surface area contributed by atoms with Gasteiger partial charge in [0.25, 0.3) is 0 Å². The molecule has 0 atom stereocenters. The van der Waals surface area contributed by atoms with E-state index in [4.69, 9.17) is 15.7 Å². The maximum atomic E-state index is 13.0. The minimum Gasteiger partial charge on any atom is -0.494 e. The summed E-state index contributed by atoms with van der Waals surface area (Å²) in [4.78, 5) is 1.95. The molecule has 1 aromatic rings. The van der Waals surface area contributed by atoms with E-state index in [1.165, 1.54) is 6.07 Å². The van der Waals surface area contributed by atoms with Crippen molar-refractivity contribution in [1.29, 1.82) is 0 Å². The van der Waals surface area contributed by atoms with Crippen molar-refractivity contribution in [3.8, 4) is 5.75 Å². The summed E-state index contributed by atoms with van der Waals surface area (Å²) in [7, 11) is 3.79. The van der Waals surface area contributed by atoms with Crippen LogP contribution in [0.1, 0.15) is 17.5 Å². The number of halogens is 3. The highest BCUT2D eigenvalue weighted by Crippen LogP contribution is 2.34. The fourth-order valence-corrected chi connectivity index (χ4v) is 1.70. The molecule has 0 heterocycles. The Balaban J connectivity index is 2.90. The lowest BCUT2D eigenvalue weighted by molar-refractivity contribution is -0.137. The predicted molar refractivity (Wildman–Crippen MR) is 72.6 cm³/mol. The fourth-order valence-electron chi connectivity index (χ4n) is 1.70. The largest absolute Gasteiger partial charge is 0.494 e. The van der Waals surface area contributed by atoms with Crippen LogP contribution in [0.25, 0.3) is 0 Å². The van der Waals surface area contributed by atoms with Gasteiger partial charge < -0.3 is 20.6 Å². The summed E-state index contributed by atoms with van der Waals surface area (Å²) in [5, 5.41) is 11.1. The number of nitrogens with two attached hydrogens (primary N) is 1. The second-order valence-electron chi connectivity index (χ2n) is 4.70. The topological polar surface area (TPSA) is 71.1 Å². The smallest absolute Gasteiger partial charge is 0.417 e. The number of hydrogen-bond acceptors (Lipinski definition) is 4. The Bertz CT molecular complexity index is 502. The molecule has 1 rings (SSSR count). The van der Waals surface area contributed by atoms with Crippen molar-refractivity contribution in [3.63, 3.8) is 0 Å². The van der Waals surface area contributed by atoms with Gasteiger partial charge in [-0.1, -0.05) is 5.16 Å². The molecule has 0 aliphatic rings. The van der Waals surface area contributed by atoms with E-state index in [0.29, 0.717) is 13.0 Å². The molecule has 5 nitrogen and oxygen atoms in total. The van der Waals surface area contributed by atoms with E-state index in [1.54, 1.807) is 0 Å². The van der Waals surface area contributed by atoms with Crippen molar-refractivity contribution in [1.82, 2.24) is 4.90 Å². The van der Waals surface area contributed by atoms with E-state index in [0.717, 1.165) is 18.7 Å². The number of oxime groups is 1. The number of amidine groups is 1. The monoisotopic (exact) mass is 305 g/mol. The highest BCUT2D eigenvalue weighted by atomic mass is 19.4. The molecule has 21 heavy (non-hydrogen) atoms. The molecular formula is C13H18F3N3O2. The van der Waals surface area contributed by atoms with Gasteiger partial charge in [-0.05, 0) is 38.7 Å². The first-order valence-electron chi connectivity index (χ1n) is 6.22. The second-order valence-corrected chi connectivity index (χ2v) is 4.70. The van der Waals surface area contributed by atoms with Crippen molar-refractivity contribution in [2.24, 2.45) is 10.9 Å². The molecular weight excluding hydrogens is 287 g/mol. The molecule has 1 aromatic carbocycles. The van der Waals surface area contributed by atoms with E-state index in [2.05, 4.69) is 5.16 Å². The SMILES string of the molecule is CN(C)CCCOc1ccc(/C(N)=N/O)c(C(F)(F)F)c1. The third kappa shape index (κ3) is 5.14. The van der Waals surface area contributed by atoms with Crippen LogP contribution in [-0.4, -0.2) is 43.2 Å². The van der Waals surface area contributed by atoms with Gasteiger partial charge in [0.2, 0.25) is 0 Å². The Labute approximate surface area is 120 Å². The molecule has 0 aromatic heterocycles. The summed E-state index contributed by atoms with van der Waals surface area (Å²) >= 11 is 0. The van der Waals surface area contributed by atoms with Gasteiger partial charge in [-0.3, -0.25) is 0 Å². The first-order chi connectivity index (χ1) is 9.75. The average Bonchev–Trinajstić information content (AvgIpc) is 2.41. The summed E-state index contributed by atoms with van der Waals surface area (Å²) in [5.74, 6) is -0.503. The summed E-state index contributed by atoms with van der Waals surface area (Å²) < 4.78 is 44.2. The molecule has 3 N–H and O–H groups in total. The van der Waals surface area contributed by atoms with Gasteiger partial charge in [-0.15, -0.1) is 0 Å². The summed E-state index contributed by atoms with van der Waals surface area (Å²) in [6.07, 6.45) is -3.93. The minimum absolute atomic E-state index is 0.0931. The van der Waals surface area contributed by atoms with Crippen LogP contribution >= 0.6 is 0 Å². The van der Waals surface area contributed by atoms with E-state index in [9.17, 15) is 13.2 Å². The zero-order valence-corrected chi connectivity index (χ0v) is 11.8. The Morgan fingerprint density at radius 1 is 1.38 bits per heavy atom. The summed E-state index contributed by atoms with van der Waals surface area (Å²) in [6, 6.07) is 3.33. The zero-order valence-electron chi connectivity index (χ0n) is 11.8. The predicted octanol–water partition coefficient (Wildman–Crippen LogP) is 2.13. The molecule has 0 spiro atoms. The molecule has 0 aliphatic carbocycles. The Kier molecular flexibility index (Phi) is 5.83. The molecule has 0 fully saturated rings. The van der Waals surface area contributed by atoms with Gasteiger partial charge in [0.05, 0.1) is 12.2 Å². The van der Waals surface area contributed by atoms with E-state index in [1.807, 2.05) is 19.0 Å². The van der Waals surface area contributed by atoms with Gasteiger partial charge in [0.1, 0.15) is 5.75 Å². The molecule has 0 aliphatic heterocycles. The van der Waals surface area contributed by atoms with Gasteiger partial charge in [0.15, 0.2) is 5.84 Å². The lowest BCUT2D eigenvalue weighted by Gasteiger charge is -2.15. The van der Waals surface area contributed by atoms with Gasteiger partial charge in [-0.25, -0.2) is 0 Å². The van der Waals surface area contributed by atoms with Crippen LogP contribution in [0.4, 0.5) is 13.2 Å². The molecule has 118 valence electrons. The fraction of sp³-hybridized carbons (Fsp3) is 0.462. The highest BCUT2D eigenvalue weighted by Gasteiger charge is 2.35. The highest BCUT2D eigenvalue weighted by molar-refractivity contribution is 5.98. The molecule has 0 radical (unpaired) electrons. The van der Waals surface area contributed by atoms with E-state index >= 15 is 0 Å². The first kappa shape index (κ1) is 17.1. The molecule has 0 saturated carbocycles. The van der Waals surface area contributed by atoms with Crippen LogP contribution in [0.5, 0.6) is 5.75 Å². The van der Waals surface area contributed by atoms with Crippen molar-refractivity contribution in [3.05, 3.63) is 29.3 Å². The van der Waals surface area contributed by atoms with Crippen LogP contribution in [0.2, 0.25) is 0 Å². The normalized spacial score (nSPS) is 12.8. The third-order valence-electron chi connectivity index (χ3n) is 2.70.